The van der Waals surface area contributed by atoms with E-state index in [0.717, 1.165) is 0 Å². The lowest BCUT2D eigenvalue weighted by atomic mass is 10.2. The van der Waals surface area contributed by atoms with E-state index in [1.165, 1.54) is 23.7 Å². The summed E-state index contributed by atoms with van der Waals surface area (Å²) in [6, 6.07) is 7.51. The lowest BCUT2D eigenvalue weighted by Gasteiger charge is -2.03. The van der Waals surface area contributed by atoms with Crippen LogP contribution in [0.4, 0.5) is 0 Å². The molecule has 0 saturated carbocycles. The number of aromatic nitrogens is 2. The van der Waals surface area contributed by atoms with Gasteiger partial charge in [0.25, 0.3) is 0 Å². The predicted molar refractivity (Wildman–Crippen MR) is 70.3 cm³/mol. The highest BCUT2D eigenvalue weighted by molar-refractivity contribution is 5.87. The van der Waals surface area contributed by atoms with Crippen LogP contribution >= 0.6 is 0 Å². The molecule has 0 bridgehead atoms. The SMILES string of the molecule is CC(=O)Cc1cc(C=O)n(-c2ccc(C(=O)O)cc2)n1. The molecule has 1 N–H and O–H groups in total. The van der Waals surface area contributed by atoms with E-state index in [-0.39, 0.29) is 17.8 Å². The van der Waals surface area contributed by atoms with Gasteiger partial charge in [0.15, 0.2) is 6.29 Å². The maximum absolute atomic E-state index is 11.1. The first-order chi connectivity index (χ1) is 9.51. The van der Waals surface area contributed by atoms with Crippen molar-refractivity contribution in [2.24, 2.45) is 0 Å². The minimum atomic E-state index is -1.02. The second-order valence-electron chi connectivity index (χ2n) is 4.32. The van der Waals surface area contributed by atoms with Gasteiger partial charge in [0, 0.05) is 0 Å². The summed E-state index contributed by atoms with van der Waals surface area (Å²) < 4.78 is 1.39. The molecule has 2 rings (SSSR count). The van der Waals surface area contributed by atoms with Crippen LogP contribution in [0.15, 0.2) is 30.3 Å². The van der Waals surface area contributed by atoms with Gasteiger partial charge in [0.2, 0.25) is 0 Å². The number of benzene rings is 1. The van der Waals surface area contributed by atoms with Crippen molar-refractivity contribution in [2.75, 3.05) is 0 Å². The number of rotatable bonds is 5. The van der Waals surface area contributed by atoms with Crippen LogP contribution in [0, 0.1) is 0 Å². The summed E-state index contributed by atoms with van der Waals surface area (Å²) >= 11 is 0. The van der Waals surface area contributed by atoms with Crippen LogP contribution in [0.2, 0.25) is 0 Å². The van der Waals surface area contributed by atoms with Crippen LogP contribution in [-0.4, -0.2) is 32.9 Å². The average Bonchev–Trinajstić information content (AvgIpc) is 2.81. The number of carbonyl (C=O) groups excluding carboxylic acids is 2. The van der Waals surface area contributed by atoms with Gasteiger partial charge in [-0.3, -0.25) is 9.59 Å². The van der Waals surface area contributed by atoms with E-state index in [4.69, 9.17) is 5.11 Å². The highest BCUT2D eigenvalue weighted by Crippen LogP contribution is 2.13. The normalized spacial score (nSPS) is 10.2. The molecule has 0 atom stereocenters. The number of ketones is 1. The Balaban J connectivity index is 2.40. The fourth-order valence-corrected chi connectivity index (χ4v) is 1.82. The number of aldehydes is 1. The maximum atomic E-state index is 11.1. The molecule has 0 amide bonds. The van der Waals surface area contributed by atoms with Gasteiger partial charge < -0.3 is 5.11 Å². The molecule has 0 unspecified atom stereocenters. The first kappa shape index (κ1) is 13.7. The van der Waals surface area contributed by atoms with Crippen LogP contribution in [0.1, 0.15) is 33.5 Å². The van der Waals surface area contributed by atoms with Crippen LogP contribution in [0.25, 0.3) is 5.69 Å². The topological polar surface area (TPSA) is 89.3 Å². The molecule has 6 heteroatoms. The molecule has 1 aromatic carbocycles. The second-order valence-corrected chi connectivity index (χ2v) is 4.32. The Morgan fingerprint density at radius 3 is 2.45 bits per heavy atom. The molecule has 102 valence electrons. The molecule has 1 heterocycles. The van der Waals surface area contributed by atoms with Crippen molar-refractivity contribution in [3.8, 4) is 5.69 Å². The van der Waals surface area contributed by atoms with Gasteiger partial charge in [0.1, 0.15) is 11.5 Å². The average molecular weight is 272 g/mol. The Kier molecular flexibility index (Phi) is 3.74. The maximum Gasteiger partial charge on any atom is 0.335 e. The smallest absolute Gasteiger partial charge is 0.335 e. The number of hydrogen-bond donors (Lipinski definition) is 1. The number of nitrogens with zero attached hydrogens (tertiary/aromatic N) is 2. The standard InChI is InChI=1S/C14H12N2O4/c1-9(18)6-11-7-13(8-17)16(15-11)12-4-2-10(3-5-12)14(19)20/h2-5,7-8H,6H2,1H3,(H,19,20). The van der Waals surface area contributed by atoms with Crippen LogP contribution in [0.5, 0.6) is 0 Å². The number of hydrogen-bond acceptors (Lipinski definition) is 4. The summed E-state index contributed by atoms with van der Waals surface area (Å²) in [5, 5.41) is 13.0. The fourth-order valence-electron chi connectivity index (χ4n) is 1.82. The summed E-state index contributed by atoms with van der Waals surface area (Å²) in [7, 11) is 0. The van der Waals surface area contributed by atoms with Gasteiger partial charge in [-0.25, -0.2) is 9.48 Å². The summed E-state index contributed by atoms with van der Waals surface area (Å²) in [4.78, 5) is 32.9. The Labute approximate surface area is 114 Å². The van der Waals surface area contributed by atoms with Crippen molar-refractivity contribution in [3.63, 3.8) is 0 Å². The van der Waals surface area contributed by atoms with Crippen molar-refractivity contribution in [2.45, 2.75) is 13.3 Å². The van der Waals surface area contributed by atoms with E-state index in [1.54, 1.807) is 18.2 Å². The van der Waals surface area contributed by atoms with E-state index in [2.05, 4.69) is 5.10 Å². The van der Waals surface area contributed by atoms with Crippen molar-refractivity contribution < 1.29 is 19.5 Å². The summed E-state index contributed by atoms with van der Waals surface area (Å²) in [6.45, 7) is 1.45. The van der Waals surface area contributed by atoms with E-state index < -0.39 is 5.97 Å². The van der Waals surface area contributed by atoms with E-state index in [9.17, 15) is 14.4 Å². The fraction of sp³-hybridized carbons (Fsp3) is 0.143. The molecule has 0 radical (unpaired) electrons. The van der Waals surface area contributed by atoms with Crippen molar-refractivity contribution in [1.82, 2.24) is 9.78 Å². The van der Waals surface area contributed by atoms with Gasteiger partial charge in [-0.2, -0.15) is 5.10 Å². The molecule has 0 aliphatic heterocycles. The molecule has 2 aromatic rings. The Bertz CT molecular complexity index is 671. The van der Waals surface area contributed by atoms with Crippen LogP contribution in [0.3, 0.4) is 0 Å². The number of aromatic carboxylic acids is 1. The highest BCUT2D eigenvalue weighted by atomic mass is 16.4. The van der Waals surface area contributed by atoms with Gasteiger partial charge in [-0.05, 0) is 37.3 Å². The first-order valence-electron chi connectivity index (χ1n) is 5.88. The number of carboxylic acids is 1. The number of carbonyl (C=O) groups is 3. The summed E-state index contributed by atoms with van der Waals surface area (Å²) in [5.74, 6) is -1.07. The highest BCUT2D eigenvalue weighted by Gasteiger charge is 2.11. The summed E-state index contributed by atoms with van der Waals surface area (Å²) in [5.41, 5.74) is 1.52. The van der Waals surface area contributed by atoms with Crippen LogP contribution in [-0.2, 0) is 11.2 Å². The third kappa shape index (κ3) is 2.80. The molecule has 0 saturated heterocycles. The third-order valence-corrected chi connectivity index (χ3v) is 2.70. The Hall–Kier alpha value is -2.76. The predicted octanol–water partition coefficient (Wildman–Crippen LogP) is 1.51. The van der Waals surface area contributed by atoms with Gasteiger partial charge in [-0.15, -0.1) is 0 Å². The van der Waals surface area contributed by atoms with Crippen LogP contribution < -0.4 is 0 Å². The molecule has 6 nitrogen and oxygen atoms in total. The molecule has 1 aromatic heterocycles. The lowest BCUT2D eigenvalue weighted by Crippen LogP contribution is -2.04. The molecule has 0 fully saturated rings. The lowest BCUT2D eigenvalue weighted by molar-refractivity contribution is -0.116. The minimum Gasteiger partial charge on any atom is -0.478 e. The molecule has 0 spiro atoms. The Morgan fingerprint density at radius 1 is 1.30 bits per heavy atom. The largest absolute Gasteiger partial charge is 0.478 e. The number of Topliss-reactive ketones (excluding diaryl/α,β-unsaturated/α-hetero) is 1. The van der Waals surface area contributed by atoms with Gasteiger partial charge in [0.05, 0.1) is 23.4 Å². The van der Waals surface area contributed by atoms with Gasteiger partial charge >= 0.3 is 5.97 Å². The zero-order chi connectivity index (χ0) is 14.7. The minimum absolute atomic E-state index is 0.0478. The monoisotopic (exact) mass is 272 g/mol. The zero-order valence-corrected chi connectivity index (χ0v) is 10.7. The molecule has 0 aliphatic rings. The number of carboxylic acid groups (broad SMARTS) is 1. The zero-order valence-electron chi connectivity index (χ0n) is 10.7. The molecule has 20 heavy (non-hydrogen) atoms. The summed E-state index contributed by atoms with van der Waals surface area (Å²) in [6.07, 6.45) is 0.794. The van der Waals surface area contributed by atoms with Crippen molar-refractivity contribution in [1.29, 1.82) is 0 Å². The molecule has 0 aliphatic carbocycles. The van der Waals surface area contributed by atoms with Crippen molar-refractivity contribution in [3.05, 3.63) is 47.3 Å². The van der Waals surface area contributed by atoms with Crippen molar-refractivity contribution >= 4 is 18.0 Å². The molecular formula is C14H12N2O4. The van der Waals surface area contributed by atoms with E-state index in [0.29, 0.717) is 23.4 Å². The Morgan fingerprint density at radius 2 is 1.95 bits per heavy atom. The van der Waals surface area contributed by atoms with Gasteiger partial charge in [-0.1, -0.05) is 0 Å². The van der Waals surface area contributed by atoms with E-state index in [1.807, 2.05) is 0 Å². The first-order valence-corrected chi connectivity index (χ1v) is 5.88. The molecular weight excluding hydrogens is 260 g/mol. The third-order valence-electron chi connectivity index (χ3n) is 2.70. The second kappa shape index (κ2) is 5.48. The van der Waals surface area contributed by atoms with E-state index >= 15 is 0 Å². The quantitative estimate of drug-likeness (QED) is 0.833.